The quantitative estimate of drug-likeness (QED) is 0.342. The number of fused-ring (bicyclic) bond motifs is 1. The van der Waals surface area contributed by atoms with E-state index < -0.39 is 0 Å². The molecule has 0 amide bonds. The molecule has 0 saturated heterocycles. The molecule has 1 aliphatic rings. The topological polar surface area (TPSA) is 51.2 Å². The second-order valence-electron chi connectivity index (χ2n) is 11.5. The molecule has 0 bridgehead atoms. The van der Waals surface area contributed by atoms with Crippen molar-refractivity contribution in [2.75, 3.05) is 0 Å². The van der Waals surface area contributed by atoms with Crippen LogP contribution in [0.25, 0.3) is 0 Å². The highest BCUT2D eigenvalue weighted by atomic mass is 16.1. The summed E-state index contributed by atoms with van der Waals surface area (Å²) in [5, 5.41) is 0. The van der Waals surface area contributed by atoms with E-state index in [0.29, 0.717) is 6.42 Å². The van der Waals surface area contributed by atoms with Gasteiger partial charge in [-0.3, -0.25) is 14.4 Å². The fourth-order valence-electron chi connectivity index (χ4n) is 5.76. The Hall–Kier alpha value is -1.77. The molecule has 2 rings (SSSR count). The zero-order valence-corrected chi connectivity index (χ0v) is 23.7. The first-order valence-corrected chi connectivity index (χ1v) is 13.5. The predicted octanol–water partition coefficient (Wildman–Crippen LogP) is 8.14. The molecule has 0 aromatic heterocycles. The van der Waals surface area contributed by atoms with Gasteiger partial charge < -0.3 is 0 Å². The van der Waals surface area contributed by atoms with E-state index in [0.717, 1.165) is 43.2 Å². The van der Waals surface area contributed by atoms with E-state index in [1.807, 2.05) is 6.92 Å². The Morgan fingerprint density at radius 3 is 2.12 bits per heavy atom. The number of carbonyl (C=O) groups is 3. The molecule has 0 fully saturated rings. The van der Waals surface area contributed by atoms with Crippen molar-refractivity contribution in [2.24, 2.45) is 17.8 Å². The van der Waals surface area contributed by atoms with Gasteiger partial charge in [0.05, 0.1) is 6.42 Å². The van der Waals surface area contributed by atoms with Gasteiger partial charge in [0, 0.05) is 17.9 Å². The van der Waals surface area contributed by atoms with E-state index in [9.17, 15) is 14.4 Å². The first kappa shape index (κ1) is 30.3. The molecule has 1 aromatic carbocycles. The minimum absolute atomic E-state index is 0.0125. The average molecular weight is 471 g/mol. The van der Waals surface area contributed by atoms with E-state index in [-0.39, 0.29) is 46.9 Å². The molecule has 0 spiro atoms. The monoisotopic (exact) mass is 470 g/mol. The fourth-order valence-corrected chi connectivity index (χ4v) is 5.76. The number of ketones is 3. The number of hydrogen-bond acceptors (Lipinski definition) is 3. The Morgan fingerprint density at radius 2 is 1.65 bits per heavy atom. The standard InChI is InChI=1S/C28H42O3.C3H8/c1-9-11-21(22(10-2)25(30)13-18(4)29)14-20-15-23-17(3)12-24(28(6,7)8)19(5)27(23)26(31)16-20;1-3-2/h12,20-22H,9-11,13-16H2,1-8H3;3H2,1-2H3. The number of benzene rings is 1. The maximum absolute atomic E-state index is 13.3. The third kappa shape index (κ3) is 7.89. The zero-order valence-electron chi connectivity index (χ0n) is 23.7. The molecule has 1 aromatic rings. The first-order valence-electron chi connectivity index (χ1n) is 13.5. The van der Waals surface area contributed by atoms with Gasteiger partial charge in [0.15, 0.2) is 5.78 Å². The minimum Gasteiger partial charge on any atom is -0.300 e. The van der Waals surface area contributed by atoms with Gasteiger partial charge in [0.1, 0.15) is 11.6 Å². The molecular weight excluding hydrogens is 420 g/mol. The average Bonchev–Trinajstić information content (AvgIpc) is 2.70. The molecule has 0 heterocycles. The SMILES string of the molecule is CCC.CCCC(CC1CC(=O)c2c(C)c(C(C)(C)C)cc(C)c2C1)C(CC)C(=O)CC(C)=O. The van der Waals surface area contributed by atoms with Crippen LogP contribution in [0.1, 0.15) is 133 Å². The van der Waals surface area contributed by atoms with Gasteiger partial charge in [-0.1, -0.05) is 73.8 Å². The number of aryl methyl sites for hydroxylation is 1. The number of Topliss-reactive ketones (excluding diaryl/α,β-unsaturated/α-hetero) is 3. The first-order chi connectivity index (χ1) is 15.8. The Morgan fingerprint density at radius 1 is 1.06 bits per heavy atom. The maximum Gasteiger partial charge on any atom is 0.163 e. The van der Waals surface area contributed by atoms with Gasteiger partial charge in [-0.15, -0.1) is 0 Å². The van der Waals surface area contributed by atoms with E-state index >= 15 is 0 Å². The van der Waals surface area contributed by atoms with E-state index in [1.165, 1.54) is 30.0 Å². The second-order valence-corrected chi connectivity index (χ2v) is 11.5. The Balaban J connectivity index is 0.00000182. The summed E-state index contributed by atoms with van der Waals surface area (Å²) in [4.78, 5) is 37.6. The van der Waals surface area contributed by atoms with Gasteiger partial charge in [-0.2, -0.15) is 0 Å². The summed E-state index contributed by atoms with van der Waals surface area (Å²) in [6.45, 7) is 20.8. The van der Waals surface area contributed by atoms with Crippen molar-refractivity contribution in [3.05, 3.63) is 33.9 Å². The molecular formula is C31H50O3. The van der Waals surface area contributed by atoms with Crippen LogP contribution in [-0.2, 0) is 21.4 Å². The van der Waals surface area contributed by atoms with E-state index in [1.54, 1.807) is 0 Å². The summed E-state index contributed by atoms with van der Waals surface area (Å²) in [6, 6.07) is 2.28. The smallest absolute Gasteiger partial charge is 0.163 e. The molecule has 0 radical (unpaired) electrons. The maximum atomic E-state index is 13.3. The Bertz CT molecular complexity index is 856. The van der Waals surface area contributed by atoms with Gasteiger partial charge in [-0.25, -0.2) is 0 Å². The molecule has 0 N–H and O–H groups in total. The minimum atomic E-state index is -0.0774. The molecule has 34 heavy (non-hydrogen) atoms. The van der Waals surface area contributed by atoms with Crippen LogP contribution in [0.3, 0.4) is 0 Å². The van der Waals surface area contributed by atoms with Crippen molar-refractivity contribution in [1.29, 1.82) is 0 Å². The number of carbonyl (C=O) groups excluding carboxylic acids is 3. The highest BCUT2D eigenvalue weighted by Crippen LogP contribution is 2.40. The summed E-state index contributed by atoms with van der Waals surface area (Å²) >= 11 is 0. The van der Waals surface area contributed by atoms with Crippen molar-refractivity contribution in [2.45, 2.75) is 126 Å². The lowest BCUT2D eigenvalue weighted by atomic mass is 9.70. The zero-order chi connectivity index (χ0) is 26.2. The molecule has 3 heteroatoms. The van der Waals surface area contributed by atoms with Crippen LogP contribution in [0.15, 0.2) is 6.07 Å². The van der Waals surface area contributed by atoms with Crippen LogP contribution in [-0.4, -0.2) is 17.3 Å². The third-order valence-electron chi connectivity index (χ3n) is 7.11. The molecule has 192 valence electrons. The normalized spacial score (nSPS) is 17.4. The highest BCUT2D eigenvalue weighted by molar-refractivity contribution is 6.01. The van der Waals surface area contributed by atoms with Crippen molar-refractivity contribution in [1.82, 2.24) is 0 Å². The Kier molecular flexibility index (Phi) is 11.9. The summed E-state index contributed by atoms with van der Waals surface area (Å²) in [5.74, 6) is 0.729. The molecule has 0 saturated carbocycles. The van der Waals surface area contributed by atoms with E-state index in [2.05, 4.69) is 61.5 Å². The molecule has 0 aliphatic heterocycles. The second kappa shape index (κ2) is 13.4. The largest absolute Gasteiger partial charge is 0.300 e. The number of rotatable bonds is 9. The summed E-state index contributed by atoms with van der Waals surface area (Å²) in [6.07, 6.45) is 6.41. The lowest BCUT2D eigenvalue weighted by molar-refractivity contribution is -0.129. The summed E-state index contributed by atoms with van der Waals surface area (Å²) < 4.78 is 0. The summed E-state index contributed by atoms with van der Waals surface area (Å²) in [7, 11) is 0. The number of hydrogen-bond donors (Lipinski definition) is 0. The van der Waals surface area contributed by atoms with Gasteiger partial charge in [0.2, 0.25) is 0 Å². The van der Waals surface area contributed by atoms with Gasteiger partial charge >= 0.3 is 0 Å². The summed E-state index contributed by atoms with van der Waals surface area (Å²) in [5.41, 5.74) is 5.80. The van der Waals surface area contributed by atoms with Gasteiger partial charge in [0.25, 0.3) is 0 Å². The van der Waals surface area contributed by atoms with Crippen molar-refractivity contribution in [3.8, 4) is 0 Å². The van der Waals surface area contributed by atoms with Crippen molar-refractivity contribution >= 4 is 17.3 Å². The predicted molar refractivity (Wildman–Crippen MR) is 144 cm³/mol. The van der Waals surface area contributed by atoms with Crippen LogP contribution in [0, 0.1) is 31.6 Å². The van der Waals surface area contributed by atoms with Crippen molar-refractivity contribution < 1.29 is 14.4 Å². The molecule has 3 atom stereocenters. The van der Waals surface area contributed by atoms with Crippen LogP contribution in [0.2, 0.25) is 0 Å². The molecule has 3 unspecified atom stereocenters. The lowest BCUT2D eigenvalue weighted by Crippen LogP contribution is -2.30. The van der Waals surface area contributed by atoms with Crippen LogP contribution in [0.4, 0.5) is 0 Å². The lowest BCUT2D eigenvalue weighted by Gasteiger charge is -2.34. The van der Waals surface area contributed by atoms with Crippen LogP contribution < -0.4 is 0 Å². The van der Waals surface area contributed by atoms with Crippen LogP contribution in [0.5, 0.6) is 0 Å². The Labute approximate surface area is 209 Å². The van der Waals surface area contributed by atoms with Crippen LogP contribution >= 0.6 is 0 Å². The van der Waals surface area contributed by atoms with Crippen molar-refractivity contribution in [3.63, 3.8) is 0 Å². The third-order valence-corrected chi connectivity index (χ3v) is 7.11. The highest BCUT2D eigenvalue weighted by Gasteiger charge is 2.34. The van der Waals surface area contributed by atoms with Gasteiger partial charge in [-0.05, 0) is 79.5 Å². The molecule has 1 aliphatic carbocycles. The fraction of sp³-hybridized carbons (Fsp3) is 0.710. The van der Waals surface area contributed by atoms with E-state index in [4.69, 9.17) is 0 Å². The molecule has 3 nitrogen and oxygen atoms in total.